The van der Waals surface area contributed by atoms with Gasteiger partial charge < -0.3 is 18.9 Å². The van der Waals surface area contributed by atoms with E-state index >= 15 is 0 Å². The number of benzene rings is 5. The molecular formula is C36H30N4. The van der Waals surface area contributed by atoms with Crippen LogP contribution < -0.4 is 4.90 Å². The monoisotopic (exact) mass is 518 g/mol. The van der Waals surface area contributed by atoms with Crippen molar-refractivity contribution in [2.24, 2.45) is 0 Å². The molecule has 0 unspecified atom stereocenters. The average molecular weight is 519 g/mol. The molecule has 0 radical (unpaired) electrons. The molecular weight excluding hydrogens is 488 g/mol. The van der Waals surface area contributed by atoms with Gasteiger partial charge in [0, 0.05) is 52.4 Å². The molecule has 1 aliphatic rings. The molecule has 0 aliphatic carbocycles. The van der Waals surface area contributed by atoms with Gasteiger partial charge in [0.15, 0.2) is 0 Å². The Morgan fingerprint density at radius 1 is 0.550 bits per heavy atom. The van der Waals surface area contributed by atoms with Crippen molar-refractivity contribution in [2.75, 3.05) is 11.9 Å². The van der Waals surface area contributed by atoms with Crippen LogP contribution in [0.3, 0.4) is 0 Å². The van der Waals surface area contributed by atoms with Crippen molar-refractivity contribution >= 4 is 49.3 Å². The van der Waals surface area contributed by atoms with E-state index in [1.165, 1.54) is 66.2 Å². The minimum Gasteiger partial charge on any atom is -0.359 e. The second kappa shape index (κ2) is 8.52. The fourth-order valence-electron chi connectivity index (χ4n) is 6.63. The van der Waals surface area contributed by atoms with Gasteiger partial charge in [0.25, 0.3) is 0 Å². The Labute approximate surface area is 233 Å². The zero-order valence-corrected chi connectivity index (χ0v) is 22.9. The molecule has 0 saturated carbocycles. The maximum absolute atomic E-state index is 2.51. The summed E-state index contributed by atoms with van der Waals surface area (Å²) < 4.78 is 4.92. The van der Waals surface area contributed by atoms with E-state index in [-0.39, 0.29) is 6.17 Å². The third-order valence-electron chi connectivity index (χ3n) is 8.64. The van der Waals surface area contributed by atoms with Crippen LogP contribution in [0.2, 0.25) is 0 Å². The van der Waals surface area contributed by atoms with Crippen LogP contribution in [-0.4, -0.2) is 27.2 Å². The van der Waals surface area contributed by atoms with Gasteiger partial charge in [-0.15, -0.1) is 0 Å². The van der Waals surface area contributed by atoms with Gasteiger partial charge in [0.2, 0.25) is 0 Å². The molecule has 0 N–H and O–H groups in total. The number of nitrogens with zero attached hydrogens (tertiary/aromatic N) is 4. The van der Waals surface area contributed by atoms with E-state index in [1.807, 2.05) is 0 Å². The molecule has 5 aromatic carbocycles. The normalized spacial score (nSPS) is 15.4. The Balaban J connectivity index is 1.62. The second-order valence-corrected chi connectivity index (χ2v) is 10.8. The van der Waals surface area contributed by atoms with Crippen LogP contribution in [0.15, 0.2) is 122 Å². The van der Waals surface area contributed by atoms with Crippen LogP contribution in [0.5, 0.6) is 0 Å². The number of para-hydroxylation sites is 3. The van der Waals surface area contributed by atoms with Crippen molar-refractivity contribution in [2.45, 2.75) is 20.0 Å². The standard InChI is InChI=1S/C36H30N4/c1-24-18-19-29-28-20-21-32-33(30-16-10-11-17-31(30)39(32)26-12-6-4-7-13-26)35(28)40(27-14-8-5-9-15-27)36(29)34(24)38-23-22-37(3)25(38)2/h4-23,25H,1-3H3/t25-/m0/s1. The van der Waals surface area contributed by atoms with Crippen LogP contribution in [0.1, 0.15) is 12.5 Å². The summed E-state index contributed by atoms with van der Waals surface area (Å²) in [5, 5.41) is 5.09. The molecule has 0 saturated heterocycles. The number of anilines is 1. The Morgan fingerprint density at radius 2 is 1.18 bits per heavy atom. The summed E-state index contributed by atoms with van der Waals surface area (Å²) in [6.45, 7) is 4.50. The smallest absolute Gasteiger partial charge is 0.102 e. The first kappa shape index (κ1) is 23.0. The van der Waals surface area contributed by atoms with E-state index in [4.69, 9.17) is 0 Å². The molecule has 0 fully saturated rings. The van der Waals surface area contributed by atoms with Crippen LogP contribution >= 0.6 is 0 Å². The zero-order chi connectivity index (χ0) is 27.0. The number of aromatic nitrogens is 2. The SMILES string of the molecule is Cc1ccc2c3ccc4c(c5ccccc5n4-c4ccccc4)c3n(-c3ccccc3)c2c1N1C=CN(C)[C@@H]1C. The lowest BCUT2D eigenvalue weighted by atomic mass is 10.1. The molecule has 0 amide bonds. The molecule has 3 heterocycles. The highest BCUT2D eigenvalue weighted by Gasteiger charge is 2.28. The van der Waals surface area contributed by atoms with Crippen molar-refractivity contribution in [3.8, 4) is 11.4 Å². The third-order valence-corrected chi connectivity index (χ3v) is 8.64. The minimum atomic E-state index is 0.228. The van der Waals surface area contributed by atoms with Gasteiger partial charge in [-0.3, -0.25) is 0 Å². The summed E-state index contributed by atoms with van der Waals surface area (Å²) in [6.07, 6.45) is 4.62. The Morgan fingerprint density at radius 3 is 1.88 bits per heavy atom. The van der Waals surface area contributed by atoms with Gasteiger partial charge in [-0.2, -0.15) is 0 Å². The predicted octanol–water partition coefficient (Wildman–Crippen LogP) is 8.76. The molecule has 7 aromatic rings. The fraction of sp³-hybridized carbons (Fsp3) is 0.111. The molecule has 8 rings (SSSR count). The molecule has 1 atom stereocenters. The fourth-order valence-corrected chi connectivity index (χ4v) is 6.63. The highest BCUT2D eigenvalue weighted by Crippen LogP contribution is 2.45. The summed E-state index contributed by atoms with van der Waals surface area (Å²) >= 11 is 0. The summed E-state index contributed by atoms with van der Waals surface area (Å²) in [6, 6.07) is 39.6. The van der Waals surface area contributed by atoms with E-state index in [9.17, 15) is 0 Å². The van der Waals surface area contributed by atoms with Gasteiger partial charge in [0.1, 0.15) is 6.17 Å². The second-order valence-electron chi connectivity index (χ2n) is 10.8. The maximum Gasteiger partial charge on any atom is 0.102 e. The summed E-state index contributed by atoms with van der Waals surface area (Å²) in [7, 11) is 2.14. The zero-order valence-electron chi connectivity index (χ0n) is 22.9. The first-order chi connectivity index (χ1) is 19.6. The van der Waals surface area contributed by atoms with Crippen molar-refractivity contribution in [1.82, 2.24) is 14.0 Å². The van der Waals surface area contributed by atoms with E-state index < -0.39 is 0 Å². The molecule has 0 bridgehead atoms. The summed E-state index contributed by atoms with van der Waals surface area (Å²) in [5.74, 6) is 0. The van der Waals surface area contributed by atoms with Crippen molar-refractivity contribution in [3.05, 3.63) is 127 Å². The first-order valence-electron chi connectivity index (χ1n) is 13.9. The van der Waals surface area contributed by atoms with E-state index in [0.717, 1.165) is 0 Å². The molecule has 0 spiro atoms. The van der Waals surface area contributed by atoms with Gasteiger partial charge in [0.05, 0.1) is 27.8 Å². The number of aryl methyl sites for hydroxylation is 1. The molecule has 4 heteroatoms. The minimum absolute atomic E-state index is 0.228. The first-order valence-corrected chi connectivity index (χ1v) is 13.9. The maximum atomic E-state index is 2.51. The lowest BCUT2D eigenvalue weighted by Crippen LogP contribution is -2.34. The van der Waals surface area contributed by atoms with Crippen LogP contribution in [0, 0.1) is 6.92 Å². The molecule has 40 heavy (non-hydrogen) atoms. The predicted molar refractivity (Wildman–Crippen MR) is 169 cm³/mol. The highest BCUT2D eigenvalue weighted by molar-refractivity contribution is 6.27. The number of fused-ring (bicyclic) bond motifs is 7. The Bertz CT molecular complexity index is 2100. The largest absolute Gasteiger partial charge is 0.359 e. The summed E-state index contributed by atoms with van der Waals surface area (Å²) in [4.78, 5) is 4.68. The number of hydrogen-bond acceptors (Lipinski definition) is 2. The van der Waals surface area contributed by atoms with Gasteiger partial charge in [-0.1, -0.05) is 72.8 Å². The van der Waals surface area contributed by atoms with Crippen LogP contribution in [0.25, 0.3) is 55.0 Å². The molecule has 1 aliphatic heterocycles. The van der Waals surface area contributed by atoms with Crippen molar-refractivity contribution in [3.63, 3.8) is 0 Å². The summed E-state index contributed by atoms with van der Waals surface area (Å²) in [5.41, 5.74) is 9.79. The lowest BCUT2D eigenvalue weighted by molar-refractivity contribution is 0.383. The Kier molecular flexibility index (Phi) is 4.89. The molecule has 4 nitrogen and oxygen atoms in total. The lowest BCUT2D eigenvalue weighted by Gasteiger charge is -2.29. The highest BCUT2D eigenvalue weighted by atomic mass is 15.4. The third kappa shape index (κ3) is 3.07. The molecule has 194 valence electrons. The van der Waals surface area contributed by atoms with E-state index in [2.05, 4.69) is 161 Å². The molecule has 2 aromatic heterocycles. The van der Waals surface area contributed by atoms with Crippen LogP contribution in [-0.2, 0) is 0 Å². The van der Waals surface area contributed by atoms with E-state index in [0.29, 0.717) is 0 Å². The topological polar surface area (TPSA) is 16.3 Å². The van der Waals surface area contributed by atoms with Crippen molar-refractivity contribution < 1.29 is 0 Å². The van der Waals surface area contributed by atoms with Gasteiger partial charge >= 0.3 is 0 Å². The van der Waals surface area contributed by atoms with Crippen molar-refractivity contribution in [1.29, 1.82) is 0 Å². The van der Waals surface area contributed by atoms with Gasteiger partial charge in [-0.25, -0.2) is 0 Å². The quantitative estimate of drug-likeness (QED) is 0.232. The average Bonchev–Trinajstić information content (AvgIpc) is 3.63. The van der Waals surface area contributed by atoms with Gasteiger partial charge in [-0.05, 0) is 55.8 Å². The number of rotatable bonds is 3. The Hall–Kier alpha value is -4.96. The van der Waals surface area contributed by atoms with E-state index in [1.54, 1.807) is 0 Å². The van der Waals surface area contributed by atoms with Crippen LogP contribution in [0.4, 0.5) is 5.69 Å². The number of hydrogen-bond donors (Lipinski definition) is 0.